The van der Waals surface area contributed by atoms with E-state index in [1.54, 1.807) is 12.1 Å². The molecule has 1 aromatic carbocycles. The zero-order valence-electron chi connectivity index (χ0n) is 8.08. The summed E-state index contributed by atoms with van der Waals surface area (Å²) < 4.78 is 1.37. The molecule has 0 aliphatic rings. The first-order chi connectivity index (χ1) is 7.72. The molecule has 82 valence electrons. The van der Waals surface area contributed by atoms with E-state index in [9.17, 15) is 10.1 Å². The largest absolute Gasteiger partial charge is 0.295 e. The van der Waals surface area contributed by atoms with Crippen molar-refractivity contribution >= 4 is 21.6 Å². The van der Waals surface area contributed by atoms with E-state index in [0.29, 0.717) is 11.0 Å². The first-order valence-corrected chi connectivity index (χ1v) is 5.53. The number of benzene rings is 1. The number of nitrogens with zero attached hydrogens (tertiary/aromatic N) is 4. The van der Waals surface area contributed by atoms with Crippen molar-refractivity contribution in [3.63, 3.8) is 0 Å². The standard InChI is InChI=1S/C9H7BrN4O2/c10-4-7-1-2-8(9(3-7)14(15)16)13-6-11-5-12-13/h1-3,5-6H,4H2. The van der Waals surface area contributed by atoms with Gasteiger partial charge >= 0.3 is 0 Å². The van der Waals surface area contributed by atoms with Crippen molar-refractivity contribution in [3.8, 4) is 5.69 Å². The summed E-state index contributed by atoms with van der Waals surface area (Å²) in [6.07, 6.45) is 2.76. The predicted octanol–water partition coefficient (Wildman–Crippen LogP) is 2.07. The van der Waals surface area contributed by atoms with Crippen LogP contribution in [0.4, 0.5) is 5.69 Å². The van der Waals surface area contributed by atoms with Crippen LogP contribution in [0.3, 0.4) is 0 Å². The number of aromatic nitrogens is 3. The molecule has 0 bridgehead atoms. The normalized spacial score (nSPS) is 10.3. The molecular weight excluding hydrogens is 276 g/mol. The number of rotatable bonds is 3. The predicted molar refractivity (Wildman–Crippen MR) is 60.6 cm³/mol. The van der Waals surface area contributed by atoms with Gasteiger partial charge in [-0.1, -0.05) is 22.0 Å². The fourth-order valence-electron chi connectivity index (χ4n) is 1.32. The number of nitro groups is 1. The second-order valence-corrected chi connectivity index (χ2v) is 3.61. The molecule has 6 nitrogen and oxygen atoms in total. The summed E-state index contributed by atoms with van der Waals surface area (Å²) in [6.45, 7) is 0. The van der Waals surface area contributed by atoms with Gasteiger partial charge in [0.15, 0.2) is 0 Å². The van der Waals surface area contributed by atoms with Crippen LogP contribution in [0.25, 0.3) is 5.69 Å². The number of alkyl halides is 1. The van der Waals surface area contributed by atoms with E-state index in [-0.39, 0.29) is 5.69 Å². The highest BCUT2D eigenvalue weighted by molar-refractivity contribution is 9.08. The van der Waals surface area contributed by atoms with E-state index >= 15 is 0 Å². The second kappa shape index (κ2) is 4.40. The summed E-state index contributed by atoms with van der Waals surface area (Å²) in [5.41, 5.74) is 1.27. The third kappa shape index (κ3) is 1.94. The number of hydrogen-bond donors (Lipinski definition) is 0. The lowest BCUT2D eigenvalue weighted by atomic mass is 10.2. The van der Waals surface area contributed by atoms with Crippen molar-refractivity contribution in [1.82, 2.24) is 14.8 Å². The Kier molecular flexibility index (Phi) is 2.95. The van der Waals surface area contributed by atoms with E-state index in [0.717, 1.165) is 5.56 Å². The van der Waals surface area contributed by atoms with Crippen molar-refractivity contribution in [3.05, 3.63) is 46.5 Å². The average molecular weight is 283 g/mol. The molecular formula is C9H7BrN4O2. The van der Waals surface area contributed by atoms with Crippen molar-refractivity contribution in [1.29, 1.82) is 0 Å². The van der Waals surface area contributed by atoms with E-state index in [1.165, 1.54) is 23.4 Å². The molecule has 0 aliphatic heterocycles. The monoisotopic (exact) mass is 282 g/mol. The van der Waals surface area contributed by atoms with Gasteiger partial charge in [-0.3, -0.25) is 10.1 Å². The number of hydrogen-bond acceptors (Lipinski definition) is 4. The molecule has 0 saturated carbocycles. The van der Waals surface area contributed by atoms with Crippen LogP contribution >= 0.6 is 15.9 Å². The zero-order valence-corrected chi connectivity index (χ0v) is 9.66. The van der Waals surface area contributed by atoms with E-state index in [2.05, 4.69) is 26.0 Å². The minimum atomic E-state index is -0.427. The van der Waals surface area contributed by atoms with Crippen LogP contribution < -0.4 is 0 Å². The second-order valence-electron chi connectivity index (χ2n) is 3.05. The van der Waals surface area contributed by atoms with Gasteiger partial charge in [0.05, 0.1) is 4.92 Å². The van der Waals surface area contributed by atoms with Crippen molar-refractivity contribution in [2.45, 2.75) is 5.33 Å². The maximum Gasteiger partial charge on any atom is 0.295 e. The molecule has 1 aromatic heterocycles. The van der Waals surface area contributed by atoms with Gasteiger partial charge in [0.2, 0.25) is 0 Å². The third-order valence-electron chi connectivity index (χ3n) is 2.06. The molecule has 0 fully saturated rings. The van der Waals surface area contributed by atoms with Gasteiger partial charge in [-0.05, 0) is 11.6 Å². The Hall–Kier alpha value is -1.76. The van der Waals surface area contributed by atoms with Gasteiger partial charge in [-0.2, -0.15) is 5.10 Å². The Balaban J connectivity index is 2.57. The molecule has 0 amide bonds. The van der Waals surface area contributed by atoms with Gasteiger partial charge in [-0.15, -0.1) is 0 Å². The molecule has 0 aliphatic carbocycles. The van der Waals surface area contributed by atoms with Crippen LogP contribution in [0, 0.1) is 10.1 Å². The molecule has 0 atom stereocenters. The van der Waals surface area contributed by atoms with Gasteiger partial charge < -0.3 is 0 Å². The topological polar surface area (TPSA) is 73.8 Å². The highest BCUT2D eigenvalue weighted by Gasteiger charge is 2.16. The fraction of sp³-hybridized carbons (Fsp3) is 0.111. The smallest absolute Gasteiger partial charge is 0.258 e. The summed E-state index contributed by atoms with van der Waals surface area (Å²) in [7, 11) is 0. The Bertz CT molecular complexity index is 512. The Labute approximate surface area is 99.2 Å². The minimum Gasteiger partial charge on any atom is -0.258 e. The molecule has 2 rings (SSSR count). The third-order valence-corrected chi connectivity index (χ3v) is 2.70. The molecule has 0 unspecified atom stereocenters. The Morgan fingerprint density at radius 3 is 2.88 bits per heavy atom. The highest BCUT2D eigenvalue weighted by Crippen LogP contribution is 2.24. The average Bonchev–Trinajstić information content (AvgIpc) is 2.81. The molecule has 7 heteroatoms. The Morgan fingerprint density at radius 2 is 2.31 bits per heavy atom. The minimum absolute atomic E-state index is 0.0162. The highest BCUT2D eigenvalue weighted by atomic mass is 79.9. The van der Waals surface area contributed by atoms with E-state index < -0.39 is 4.92 Å². The van der Waals surface area contributed by atoms with Crippen LogP contribution in [0.5, 0.6) is 0 Å². The molecule has 1 heterocycles. The van der Waals surface area contributed by atoms with E-state index in [4.69, 9.17) is 0 Å². The summed E-state index contributed by atoms with van der Waals surface area (Å²) in [6, 6.07) is 4.98. The summed E-state index contributed by atoms with van der Waals surface area (Å²) in [5.74, 6) is 0. The number of nitro benzene ring substituents is 1. The lowest BCUT2D eigenvalue weighted by Crippen LogP contribution is -2.01. The van der Waals surface area contributed by atoms with Gasteiger partial charge in [0, 0.05) is 11.4 Å². The van der Waals surface area contributed by atoms with Crippen LogP contribution in [-0.4, -0.2) is 19.7 Å². The van der Waals surface area contributed by atoms with E-state index in [1.807, 2.05) is 0 Å². The molecule has 0 spiro atoms. The molecule has 0 radical (unpaired) electrons. The van der Waals surface area contributed by atoms with Gasteiger partial charge in [0.1, 0.15) is 18.3 Å². The fourth-order valence-corrected chi connectivity index (χ4v) is 1.67. The molecule has 16 heavy (non-hydrogen) atoms. The first-order valence-electron chi connectivity index (χ1n) is 4.40. The summed E-state index contributed by atoms with van der Waals surface area (Å²) in [5, 5.41) is 15.4. The van der Waals surface area contributed by atoms with Crippen LogP contribution in [0.1, 0.15) is 5.56 Å². The molecule has 0 N–H and O–H groups in total. The van der Waals surface area contributed by atoms with Crippen molar-refractivity contribution in [2.75, 3.05) is 0 Å². The lowest BCUT2D eigenvalue weighted by molar-refractivity contribution is -0.384. The molecule has 2 aromatic rings. The zero-order chi connectivity index (χ0) is 11.5. The van der Waals surface area contributed by atoms with Crippen molar-refractivity contribution in [2.24, 2.45) is 0 Å². The van der Waals surface area contributed by atoms with Crippen molar-refractivity contribution < 1.29 is 4.92 Å². The SMILES string of the molecule is O=[N+]([O-])c1cc(CBr)ccc1-n1cncn1. The van der Waals surface area contributed by atoms with Gasteiger partial charge in [0.25, 0.3) is 5.69 Å². The summed E-state index contributed by atoms with van der Waals surface area (Å²) in [4.78, 5) is 14.2. The Morgan fingerprint density at radius 1 is 1.50 bits per heavy atom. The maximum atomic E-state index is 10.9. The van der Waals surface area contributed by atoms with Crippen LogP contribution in [0.15, 0.2) is 30.9 Å². The van der Waals surface area contributed by atoms with Gasteiger partial charge in [-0.25, -0.2) is 9.67 Å². The first kappa shape index (κ1) is 10.7. The lowest BCUT2D eigenvalue weighted by Gasteiger charge is -2.03. The molecule has 0 saturated heterocycles. The number of halogens is 1. The quantitative estimate of drug-likeness (QED) is 0.491. The maximum absolute atomic E-state index is 10.9. The summed E-state index contributed by atoms with van der Waals surface area (Å²) >= 11 is 3.26. The van der Waals surface area contributed by atoms with Crippen LogP contribution in [0.2, 0.25) is 0 Å². The van der Waals surface area contributed by atoms with Crippen LogP contribution in [-0.2, 0) is 5.33 Å².